The molecule has 1 aromatic rings. The van der Waals surface area contributed by atoms with Gasteiger partial charge in [0.25, 0.3) is 0 Å². The molecule has 1 rings (SSSR count). The Kier molecular flexibility index (Phi) is 6.69. The van der Waals surface area contributed by atoms with Crippen LogP contribution in [0.1, 0.15) is 25.0 Å². The van der Waals surface area contributed by atoms with Crippen molar-refractivity contribution in [2.75, 3.05) is 26.7 Å². The van der Waals surface area contributed by atoms with E-state index in [2.05, 4.69) is 54.9 Å². The van der Waals surface area contributed by atoms with E-state index >= 15 is 0 Å². The molecule has 0 amide bonds. The lowest BCUT2D eigenvalue weighted by Gasteiger charge is -2.22. The quantitative estimate of drug-likeness (QED) is 0.710. The van der Waals surface area contributed by atoms with Crippen LogP contribution in [0.15, 0.2) is 36.4 Å². The van der Waals surface area contributed by atoms with E-state index in [0.29, 0.717) is 0 Å². The first-order chi connectivity index (χ1) is 8.67. The van der Waals surface area contributed by atoms with Gasteiger partial charge < -0.3 is 5.32 Å². The molecule has 0 aliphatic rings. The van der Waals surface area contributed by atoms with Crippen molar-refractivity contribution in [3.05, 3.63) is 47.5 Å². The Morgan fingerprint density at radius 1 is 1.28 bits per heavy atom. The zero-order chi connectivity index (χ0) is 13.4. The summed E-state index contributed by atoms with van der Waals surface area (Å²) in [6, 6.07) is 8.74. The number of nitrogens with zero attached hydrogens (tertiary/aromatic N) is 1. The maximum absolute atomic E-state index is 4.00. The van der Waals surface area contributed by atoms with Crippen molar-refractivity contribution in [1.29, 1.82) is 0 Å². The van der Waals surface area contributed by atoms with Crippen molar-refractivity contribution in [2.45, 2.75) is 26.8 Å². The van der Waals surface area contributed by atoms with Crippen LogP contribution in [-0.2, 0) is 13.0 Å². The molecule has 18 heavy (non-hydrogen) atoms. The monoisotopic (exact) mass is 246 g/mol. The molecule has 2 nitrogen and oxygen atoms in total. The van der Waals surface area contributed by atoms with E-state index in [4.69, 9.17) is 0 Å². The zero-order valence-electron chi connectivity index (χ0n) is 12.0. The number of benzene rings is 1. The third-order valence-electron chi connectivity index (χ3n) is 3.10. The van der Waals surface area contributed by atoms with Gasteiger partial charge in [0.05, 0.1) is 0 Å². The van der Waals surface area contributed by atoms with Gasteiger partial charge in [-0.25, -0.2) is 0 Å². The molecule has 2 heteroatoms. The number of nitrogens with one attached hydrogen (secondary N) is 1. The summed E-state index contributed by atoms with van der Waals surface area (Å²) in [5.41, 5.74) is 4.12. The maximum atomic E-state index is 4.00. The molecule has 1 N–H and O–H groups in total. The zero-order valence-corrected chi connectivity index (χ0v) is 12.0. The van der Waals surface area contributed by atoms with Gasteiger partial charge in [-0.1, -0.05) is 43.3 Å². The molecule has 100 valence electrons. The summed E-state index contributed by atoms with van der Waals surface area (Å²) in [6.07, 6.45) is 1.09. The summed E-state index contributed by atoms with van der Waals surface area (Å²) in [4.78, 5) is 2.43. The van der Waals surface area contributed by atoms with Gasteiger partial charge in [-0.15, -0.1) is 0 Å². The number of likely N-dealkylation sites (N-methyl/N-ethyl adjacent to an activating group) is 2. The van der Waals surface area contributed by atoms with E-state index in [1.54, 1.807) is 0 Å². The van der Waals surface area contributed by atoms with Crippen molar-refractivity contribution in [1.82, 2.24) is 10.2 Å². The normalized spacial score (nSPS) is 10.9. The summed E-state index contributed by atoms with van der Waals surface area (Å²) in [6.45, 7) is 12.4. The molecular weight excluding hydrogens is 220 g/mol. The average molecular weight is 246 g/mol. The number of hydrogen-bond acceptors (Lipinski definition) is 2. The highest BCUT2D eigenvalue weighted by atomic mass is 15.1. The van der Waals surface area contributed by atoms with E-state index in [1.165, 1.54) is 16.7 Å². The Labute approximate surface area is 112 Å². The van der Waals surface area contributed by atoms with Crippen LogP contribution in [0, 0.1) is 0 Å². The highest BCUT2D eigenvalue weighted by Crippen LogP contribution is 2.13. The van der Waals surface area contributed by atoms with Gasteiger partial charge in [-0.3, -0.25) is 4.90 Å². The fraction of sp³-hybridized carbons (Fsp3) is 0.500. The molecule has 0 atom stereocenters. The maximum Gasteiger partial charge on any atom is 0.0239 e. The summed E-state index contributed by atoms with van der Waals surface area (Å²) in [5, 5.41) is 3.22. The van der Waals surface area contributed by atoms with Crippen LogP contribution < -0.4 is 5.32 Å². The Morgan fingerprint density at radius 3 is 2.50 bits per heavy atom. The molecule has 0 radical (unpaired) electrons. The second kappa shape index (κ2) is 8.06. The molecule has 0 heterocycles. The van der Waals surface area contributed by atoms with Gasteiger partial charge in [-0.2, -0.15) is 0 Å². The Bertz CT molecular complexity index is 371. The van der Waals surface area contributed by atoms with Gasteiger partial charge in [0.2, 0.25) is 0 Å². The first-order valence-electron chi connectivity index (χ1n) is 6.75. The van der Waals surface area contributed by atoms with Crippen LogP contribution in [-0.4, -0.2) is 31.6 Å². The van der Waals surface area contributed by atoms with Crippen LogP contribution in [0.3, 0.4) is 0 Å². The van der Waals surface area contributed by atoms with Crippen LogP contribution in [0.5, 0.6) is 0 Å². The molecule has 0 spiro atoms. The summed E-state index contributed by atoms with van der Waals surface area (Å²) in [7, 11) is 2.00. The lowest BCUT2D eigenvalue weighted by atomic mass is 10.0. The Balaban J connectivity index is 2.71. The molecule has 0 saturated heterocycles. The lowest BCUT2D eigenvalue weighted by molar-refractivity contribution is 0.303. The third kappa shape index (κ3) is 5.03. The van der Waals surface area contributed by atoms with E-state index in [0.717, 1.165) is 32.6 Å². The smallest absolute Gasteiger partial charge is 0.0239 e. The molecule has 0 aliphatic heterocycles. The molecule has 0 aromatic heterocycles. The molecular formula is C16H26N2. The fourth-order valence-electron chi connectivity index (χ4n) is 2.12. The van der Waals surface area contributed by atoms with Crippen LogP contribution in [0.25, 0.3) is 0 Å². The molecule has 0 aliphatic carbocycles. The summed E-state index contributed by atoms with van der Waals surface area (Å²) in [5.74, 6) is 0. The molecule has 1 aromatic carbocycles. The first kappa shape index (κ1) is 14.9. The molecule has 0 saturated carbocycles. The predicted molar refractivity (Wildman–Crippen MR) is 79.8 cm³/mol. The number of hydrogen-bond donors (Lipinski definition) is 1. The van der Waals surface area contributed by atoms with Gasteiger partial charge in [-0.05, 0) is 44.6 Å². The second-order valence-corrected chi connectivity index (χ2v) is 4.88. The minimum atomic E-state index is 0.983. The minimum Gasteiger partial charge on any atom is -0.319 e. The predicted octanol–water partition coefficient (Wildman–Crippen LogP) is 2.85. The van der Waals surface area contributed by atoms with E-state index < -0.39 is 0 Å². The Morgan fingerprint density at radius 2 is 1.94 bits per heavy atom. The van der Waals surface area contributed by atoms with Gasteiger partial charge >= 0.3 is 0 Å². The highest BCUT2D eigenvalue weighted by molar-refractivity contribution is 5.27. The highest BCUT2D eigenvalue weighted by Gasteiger charge is 2.07. The third-order valence-corrected chi connectivity index (χ3v) is 3.10. The minimum absolute atomic E-state index is 0.983. The van der Waals surface area contributed by atoms with E-state index in [-0.39, 0.29) is 0 Å². The van der Waals surface area contributed by atoms with Gasteiger partial charge in [0.15, 0.2) is 0 Å². The fourth-order valence-corrected chi connectivity index (χ4v) is 2.12. The van der Waals surface area contributed by atoms with Crippen LogP contribution >= 0.6 is 0 Å². The van der Waals surface area contributed by atoms with Gasteiger partial charge in [0.1, 0.15) is 0 Å². The standard InChI is InChI=1S/C16H26N2/c1-5-18(12-14(2)3)13-16-9-7-6-8-15(16)10-11-17-4/h6-9,17H,2,5,10-13H2,1,3-4H3. The largest absolute Gasteiger partial charge is 0.319 e. The SMILES string of the molecule is C=C(C)CN(CC)Cc1ccccc1CCNC. The molecule has 0 fully saturated rings. The van der Waals surface area contributed by atoms with Gasteiger partial charge in [0, 0.05) is 13.1 Å². The molecule has 0 unspecified atom stereocenters. The first-order valence-corrected chi connectivity index (χ1v) is 6.75. The summed E-state index contributed by atoms with van der Waals surface area (Å²) >= 11 is 0. The number of rotatable bonds is 8. The average Bonchev–Trinajstić information content (AvgIpc) is 2.36. The molecule has 0 bridgehead atoms. The van der Waals surface area contributed by atoms with Crippen molar-refractivity contribution in [2.24, 2.45) is 0 Å². The second-order valence-electron chi connectivity index (χ2n) is 4.88. The van der Waals surface area contributed by atoms with E-state index in [1.807, 2.05) is 7.05 Å². The lowest BCUT2D eigenvalue weighted by Crippen LogP contribution is -2.25. The van der Waals surface area contributed by atoms with Crippen molar-refractivity contribution in [3.63, 3.8) is 0 Å². The van der Waals surface area contributed by atoms with Crippen LogP contribution in [0.2, 0.25) is 0 Å². The topological polar surface area (TPSA) is 15.3 Å². The Hall–Kier alpha value is -1.12. The van der Waals surface area contributed by atoms with Crippen molar-refractivity contribution < 1.29 is 0 Å². The van der Waals surface area contributed by atoms with Crippen LogP contribution in [0.4, 0.5) is 0 Å². The van der Waals surface area contributed by atoms with Crippen molar-refractivity contribution in [3.8, 4) is 0 Å². The van der Waals surface area contributed by atoms with Crippen molar-refractivity contribution >= 4 is 0 Å². The van der Waals surface area contributed by atoms with E-state index in [9.17, 15) is 0 Å². The summed E-state index contributed by atoms with van der Waals surface area (Å²) < 4.78 is 0.